The van der Waals surface area contributed by atoms with Crippen LogP contribution in [0.15, 0.2) is 23.5 Å². The number of aromatic nitrogens is 1. The van der Waals surface area contributed by atoms with E-state index in [0.29, 0.717) is 11.7 Å². The first-order chi connectivity index (χ1) is 9.49. The monoisotopic (exact) mass is 279 g/mol. The smallest absolute Gasteiger partial charge is 0.189 e. The van der Waals surface area contributed by atoms with Crippen LogP contribution in [0.2, 0.25) is 0 Å². The van der Waals surface area contributed by atoms with Gasteiger partial charge in [0.05, 0.1) is 0 Å². The van der Waals surface area contributed by atoms with Crippen molar-refractivity contribution in [1.82, 2.24) is 14.8 Å². The molecule has 0 saturated carbocycles. The molecule has 0 amide bonds. The van der Waals surface area contributed by atoms with Gasteiger partial charge in [-0.1, -0.05) is 18.1 Å². The summed E-state index contributed by atoms with van der Waals surface area (Å²) in [4.78, 5) is 8.71. The molecule has 1 aromatic heterocycles. The Bertz CT molecular complexity index is 447. The number of hydrogen-bond donors (Lipinski definition) is 2. The summed E-state index contributed by atoms with van der Waals surface area (Å²) in [5.74, 6) is 0.0527. The summed E-state index contributed by atoms with van der Waals surface area (Å²) in [6.07, 6.45) is 1.65. The van der Waals surface area contributed by atoms with Crippen molar-refractivity contribution < 1.29 is 5.21 Å². The summed E-state index contributed by atoms with van der Waals surface area (Å²) in [7, 11) is 4.13. The third kappa shape index (κ3) is 4.47. The molecule has 0 aliphatic carbocycles. The first-order valence-corrected chi connectivity index (χ1v) is 6.80. The molecule has 3 N–H and O–H groups in total. The number of nitrogens with zero attached hydrogens (tertiary/aromatic N) is 4. The largest absolute Gasteiger partial charge is 0.409 e. The second-order valence-corrected chi connectivity index (χ2v) is 5.17. The number of rotatable bonds is 7. The van der Waals surface area contributed by atoms with Crippen LogP contribution in [-0.4, -0.2) is 59.1 Å². The van der Waals surface area contributed by atoms with Crippen LogP contribution in [0.5, 0.6) is 0 Å². The van der Waals surface area contributed by atoms with E-state index in [2.05, 4.69) is 47.9 Å². The second-order valence-electron chi connectivity index (χ2n) is 5.17. The zero-order valence-electron chi connectivity index (χ0n) is 12.7. The van der Waals surface area contributed by atoms with Crippen LogP contribution in [-0.2, 0) is 6.54 Å². The summed E-state index contributed by atoms with van der Waals surface area (Å²) in [6, 6.07) is 4.25. The van der Waals surface area contributed by atoms with Gasteiger partial charge in [0.15, 0.2) is 5.84 Å². The number of hydrogen-bond acceptors (Lipinski definition) is 5. The summed E-state index contributed by atoms with van der Waals surface area (Å²) in [5.41, 5.74) is 7.19. The standard InChI is InChI=1S/C14H25N5O/c1-5-19(11(2)9-18(3)4)10-12-7-6-8-16-13(12)14(15)17-20/h6-8,11,20H,5,9-10H2,1-4H3,(H2,15,17). The average molecular weight is 279 g/mol. The third-order valence-corrected chi connectivity index (χ3v) is 3.27. The first kappa shape index (κ1) is 16.4. The highest BCUT2D eigenvalue weighted by atomic mass is 16.4. The summed E-state index contributed by atoms with van der Waals surface area (Å²) in [6.45, 7) is 6.96. The van der Waals surface area contributed by atoms with E-state index in [1.807, 2.05) is 12.1 Å². The molecule has 112 valence electrons. The maximum Gasteiger partial charge on any atom is 0.189 e. The minimum absolute atomic E-state index is 0.0527. The van der Waals surface area contributed by atoms with Gasteiger partial charge in [-0.05, 0) is 39.2 Å². The Labute approximate surface area is 120 Å². The number of likely N-dealkylation sites (N-methyl/N-ethyl adjacent to an activating group) is 2. The van der Waals surface area contributed by atoms with E-state index in [9.17, 15) is 0 Å². The van der Waals surface area contributed by atoms with Gasteiger partial charge in [0, 0.05) is 25.3 Å². The molecule has 0 saturated heterocycles. The Morgan fingerprint density at radius 3 is 2.75 bits per heavy atom. The van der Waals surface area contributed by atoms with Gasteiger partial charge in [0.1, 0.15) is 5.69 Å². The van der Waals surface area contributed by atoms with E-state index in [1.165, 1.54) is 0 Å². The van der Waals surface area contributed by atoms with Crippen LogP contribution in [0.1, 0.15) is 25.1 Å². The zero-order chi connectivity index (χ0) is 15.1. The molecular formula is C14H25N5O. The van der Waals surface area contributed by atoms with Crippen LogP contribution in [0.3, 0.4) is 0 Å². The van der Waals surface area contributed by atoms with E-state index in [-0.39, 0.29) is 5.84 Å². The molecule has 0 spiro atoms. The molecule has 1 rings (SSSR count). The van der Waals surface area contributed by atoms with Crippen LogP contribution >= 0.6 is 0 Å². The second kappa shape index (κ2) is 7.81. The van der Waals surface area contributed by atoms with Crippen molar-refractivity contribution in [2.75, 3.05) is 27.2 Å². The summed E-state index contributed by atoms with van der Waals surface area (Å²) < 4.78 is 0. The van der Waals surface area contributed by atoms with Crippen molar-refractivity contribution in [2.24, 2.45) is 10.9 Å². The first-order valence-electron chi connectivity index (χ1n) is 6.80. The topological polar surface area (TPSA) is 78.0 Å². The highest BCUT2D eigenvalue weighted by Gasteiger charge is 2.16. The molecule has 1 unspecified atom stereocenters. The van der Waals surface area contributed by atoms with E-state index in [0.717, 1.165) is 25.2 Å². The zero-order valence-corrected chi connectivity index (χ0v) is 12.7. The lowest BCUT2D eigenvalue weighted by Crippen LogP contribution is -2.40. The summed E-state index contributed by atoms with van der Waals surface area (Å²) >= 11 is 0. The van der Waals surface area contributed by atoms with Crippen molar-refractivity contribution in [2.45, 2.75) is 26.4 Å². The number of pyridine rings is 1. The quantitative estimate of drug-likeness (QED) is 0.336. The minimum Gasteiger partial charge on any atom is -0.409 e. The Kier molecular flexibility index (Phi) is 6.41. The Hall–Kier alpha value is -1.66. The molecule has 0 fully saturated rings. The van der Waals surface area contributed by atoms with Gasteiger partial charge in [-0.15, -0.1) is 0 Å². The van der Waals surface area contributed by atoms with Crippen LogP contribution < -0.4 is 5.73 Å². The number of amidine groups is 1. The van der Waals surface area contributed by atoms with Gasteiger partial charge in [-0.2, -0.15) is 0 Å². The van der Waals surface area contributed by atoms with Gasteiger partial charge >= 0.3 is 0 Å². The molecule has 0 aliphatic heterocycles. The lowest BCUT2D eigenvalue weighted by atomic mass is 10.1. The molecule has 0 aromatic carbocycles. The molecule has 0 aliphatic rings. The van der Waals surface area contributed by atoms with Crippen LogP contribution in [0, 0.1) is 0 Å². The molecule has 0 radical (unpaired) electrons. The normalized spacial score (nSPS) is 14.0. The van der Waals surface area contributed by atoms with Crippen LogP contribution in [0.4, 0.5) is 0 Å². The van der Waals surface area contributed by atoms with E-state index in [1.54, 1.807) is 6.20 Å². The van der Waals surface area contributed by atoms with Gasteiger partial charge in [-0.3, -0.25) is 9.88 Å². The van der Waals surface area contributed by atoms with Crippen molar-refractivity contribution in [3.8, 4) is 0 Å². The summed E-state index contributed by atoms with van der Waals surface area (Å²) in [5, 5.41) is 11.9. The molecule has 6 heteroatoms. The minimum atomic E-state index is 0.0527. The van der Waals surface area contributed by atoms with Crippen molar-refractivity contribution in [3.63, 3.8) is 0 Å². The molecular weight excluding hydrogens is 254 g/mol. The Morgan fingerprint density at radius 1 is 1.50 bits per heavy atom. The predicted octanol–water partition coefficient (Wildman–Crippen LogP) is 0.948. The van der Waals surface area contributed by atoms with E-state index < -0.39 is 0 Å². The Balaban J connectivity index is 2.90. The molecule has 1 aromatic rings. The number of nitrogens with two attached hydrogens (primary N) is 1. The SMILES string of the molecule is CCN(Cc1cccnc1/C(N)=N/O)C(C)CN(C)C. The molecule has 0 bridgehead atoms. The van der Waals surface area contributed by atoms with Gasteiger partial charge in [0.25, 0.3) is 0 Å². The maximum atomic E-state index is 8.83. The fourth-order valence-corrected chi connectivity index (χ4v) is 2.29. The van der Waals surface area contributed by atoms with Crippen molar-refractivity contribution in [3.05, 3.63) is 29.6 Å². The fourth-order valence-electron chi connectivity index (χ4n) is 2.29. The molecule has 1 heterocycles. The predicted molar refractivity (Wildman–Crippen MR) is 80.8 cm³/mol. The van der Waals surface area contributed by atoms with Crippen molar-refractivity contribution in [1.29, 1.82) is 0 Å². The van der Waals surface area contributed by atoms with Crippen LogP contribution in [0.25, 0.3) is 0 Å². The Morgan fingerprint density at radius 2 is 2.20 bits per heavy atom. The maximum absolute atomic E-state index is 8.83. The van der Waals surface area contributed by atoms with Gasteiger partial charge in [0.2, 0.25) is 0 Å². The van der Waals surface area contributed by atoms with E-state index in [4.69, 9.17) is 10.9 Å². The van der Waals surface area contributed by atoms with E-state index >= 15 is 0 Å². The highest BCUT2D eigenvalue weighted by Crippen LogP contribution is 2.12. The number of oxime groups is 1. The molecule has 20 heavy (non-hydrogen) atoms. The fraction of sp³-hybridized carbons (Fsp3) is 0.571. The average Bonchev–Trinajstić information content (AvgIpc) is 2.43. The third-order valence-electron chi connectivity index (χ3n) is 3.27. The highest BCUT2D eigenvalue weighted by molar-refractivity contribution is 5.96. The lowest BCUT2D eigenvalue weighted by molar-refractivity contribution is 0.174. The van der Waals surface area contributed by atoms with Gasteiger partial charge in [-0.25, -0.2) is 0 Å². The molecule has 1 atom stereocenters. The van der Waals surface area contributed by atoms with Gasteiger partial charge < -0.3 is 15.8 Å². The molecule has 6 nitrogen and oxygen atoms in total. The van der Waals surface area contributed by atoms with Crippen molar-refractivity contribution >= 4 is 5.84 Å². The lowest BCUT2D eigenvalue weighted by Gasteiger charge is -2.30.